The Hall–Kier alpha value is -2.73. The van der Waals surface area contributed by atoms with Crippen LogP contribution in [0.3, 0.4) is 0 Å². The zero-order valence-electron chi connectivity index (χ0n) is 15.1. The van der Waals surface area contributed by atoms with E-state index in [0.29, 0.717) is 18.8 Å². The highest BCUT2D eigenvalue weighted by Gasteiger charge is 2.19. The van der Waals surface area contributed by atoms with E-state index < -0.39 is 0 Å². The predicted octanol–water partition coefficient (Wildman–Crippen LogP) is 2.83. The number of para-hydroxylation sites is 2. The standard InChI is InChI=1S/C20H24N4O2/c1-14(2)20(15-6-5-10-21-12-15)23-19(26)9-11-24-17-8-4-3-7-16(17)22-18(24)13-25/h3-8,10,12,14,20,25H,9,11,13H2,1-2H3,(H,23,26)/t20-/m0/s1. The van der Waals surface area contributed by atoms with Crippen LogP contribution in [0.5, 0.6) is 0 Å². The number of nitrogens with zero attached hydrogens (tertiary/aromatic N) is 3. The average molecular weight is 352 g/mol. The third-order valence-corrected chi connectivity index (χ3v) is 4.46. The topological polar surface area (TPSA) is 80.0 Å². The molecule has 0 saturated heterocycles. The third kappa shape index (κ3) is 3.91. The van der Waals surface area contributed by atoms with Crippen LogP contribution in [0.2, 0.25) is 0 Å². The molecule has 2 N–H and O–H groups in total. The molecule has 2 heterocycles. The highest BCUT2D eigenvalue weighted by molar-refractivity contribution is 5.78. The predicted molar refractivity (Wildman–Crippen MR) is 100 cm³/mol. The molecule has 0 bridgehead atoms. The molecule has 0 fully saturated rings. The Balaban J connectivity index is 1.71. The van der Waals surface area contributed by atoms with Gasteiger partial charge < -0.3 is 15.0 Å². The SMILES string of the molecule is CC(C)[C@H](NC(=O)CCn1c(CO)nc2ccccc21)c1cccnc1. The van der Waals surface area contributed by atoms with E-state index in [1.54, 1.807) is 12.4 Å². The number of nitrogens with one attached hydrogen (secondary N) is 1. The highest BCUT2D eigenvalue weighted by Crippen LogP contribution is 2.21. The number of rotatable bonds is 7. The van der Waals surface area contributed by atoms with E-state index in [1.165, 1.54) is 0 Å². The van der Waals surface area contributed by atoms with E-state index >= 15 is 0 Å². The highest BCUT2D eigenvalue weighted by atomic mass is 16.3. The zero-order chi connectivity index (χ0) is 18.5. The molecule has 3 aromatic rings. The van der Waals surface area contributed by atoms with Crippen molar-refractivity contribution in [1.82, 2.24) is 19.9 Å². The summed E-state index contributed by atoms with van der Waals surface area (Å²) in [6.45, 7) is 4.47. The molecule has 0 unspecified atom stereocenters. The molecule has 2 aromatic heterocycles. The Morgan fingerprint density at radius 1 is 1.23 bits per heavy atom. The van der Waals surface area contributed by atoms with Gasteiger partial charge in [0.15, 0.2) is 0 Å². The van der Waals surface area contributed by atoms with Gasteiger partial charge in [-0.3, -0.25) is 9.78 Å². The van der Waals surface area contributed by atoms with Crippen molar-refractivity contribution in [2.24, 2.45) is 5.92 Å². The molecular formula is C20H24N4O2. The Labute approximate surface area is 152 Å². The molecule has 1 amide bonds. The molecular weight excluding hydrogens is 328 g/mol. The smallest absolute Gasteiger partial charge is 0.222 e. The normalized spacial score (nSPS) is 12.5. The number of hydrogen-bond donors (Lipinski definition) is 2. The summed E-state index contributed by atoms with van der Waals surface area (Å²) in [7, 11) is 0. The maximum absolute atomic E-state index is 12.5. The number of aliphatic hydroxyl groups is 1. The Morgan fingerprint density at radius 2 is 2.04 bits per heavy atom. The molecule has 6 nitrogen and oxygen atoms in total. The molecule has 0 aliphatic heterocycles. The minimum Gasteiger partial charge on any atom is -0.388 e. The largest absolute Gasteiger partial charge is 0.388 e. The van der Waals surface area contributed by atoms with Crippen molar-refractivity contribution in [2.75, 3.05) is 0 Å². The van der Waals surface area contributed by atoms with Crippen LogP contribution in [0.15, 0.2) is 48.8 Å². The van der Waals surface area contributed by atoms with Crippen LogP contribution in [0.1, 0.15) is 37.7 Å². The summed E-state index contributed by atoms with van der Waals surface area (Å²) in [5.41, 5.74) is 2.75. The number of carbonyl (C=O) groups excluding carboxylic acids is 1. The first-order valence-corrected chi connectivity index (χ1v) is 8.84. The fourth-order valence-electron chi connectivity index (χ4n) is 3.15. The van der Waals surface area contributed by atoms with Gasteiger partial charge in [-0.2, -0.15) is 0 Å². The van der Waals surface area contributed by atoms with Crippen LogP contribution >= 0.6 is 0 Å². The molecule has 0 radical (unpaired) electrons. The van der Waals surface area contributed by atoms with Gasteiger partial charge in [0.25, 0.3) is 0 Å². The molecule has 1 aromatic carbocycles. The maximum atomic E-state index is 12.5. The number of benzene rings is 1. The lowest BCUT2D eigenvalue weighted by Crippen LogP contribution is -2.32. The Morgan fingerprint density at radius 3 is 2.73 bits per heavy atom. The first kappa shape index (κ1) is 18.1. The van der Waals surface area contributed by atoms with Gasteiger partial charge in [0.1, 0.15) is 12.4 Å². The monoisotopic (exact) mass is 352 g/mol. The minimum absolute atomic E-state index is 0.0331. The number of carbonyl (C=O) groups is 1. The van der Waals surface area contributed by atoms with Crippen LogP contribution in [-0.4, -0.2) is 25.5 Å². The van der Waals surface area contributed by atoms with Gasteiger partial charge in [0, 0.05) is 25.4 Å². The van der Waals surface area contributed by atoms with E-state index in [0.717, 1.165) is 16.6 Å². The van der Waals surface area contributed by atoms with E-state index in [2.05, 4.69) is 29.1 Å². The second-order valence-corrected chi connectivity index (χ2v) is 6.65. The lowest BCUT2D eigenvalue weighted by atomic mass is 9.97. The van der Waals surface area contributed by atoms with Gasteiger partial charge in [0.2, 0.25) is 5.91 Å². The molecule has 0 spiro atoms. The van der Waals surface area contributed by atoms with Crippen molar-refractivity contribution in [1.29, 1.82) is 0 Å². The number of aryl methyl sites for hydroxylation is 1. The van der Waals surface area contributed by atoms with Crippen molar-refractivity contribution in [3.8, 4) is 0 Å². The Bertz CT molecular complexity index is 874. The van der Waals surface area contributed by atoms with Gasteiger partial charge >= 0.3 is 0 Å². The van der Waals surface area contributed by atoms with Crippen LogP contribution in [0.25, 0.3) is 11.0 Å². The second-order valence-electron chi connectivity index (χ2n) is 6.65. The van der Waals surface area contributed by atoms with Gasteiger partial charge in [-0.15, -0.1) is 0 Å². The summed E-state index contributed by atoms with van der Waals surface area (Å²) >= 11 is 0. The first-order chi connectivity index (χ1) is 12.6. The summed E-state index contributed by atoms with van der Waals surface area (Å²) in [5.74, 6) is 0.797. The number of amides is 1. The molecule has 0 aliphatic rings. The number of fused-ring (bicyclic) bond motifs is 1. The third-order valence-electron chi connectivity index (χ3n) is 4.46. The molecule has 0 saturated carbocycles. The maximum Gasteiger partial charge on any atom is 0.222 e. The average Bonchev–Trinajstić information content (AvgIpc) is 3.02. The van der Waals surface area contributed by atoms with Gasteiger partial charge in [-0.05, 0) is 29.7 Å². The number of aromatic nitrogens is 3. The first-order valence-electron chi connectivity index (χ1n) is 8.84. The number of imidazole rings is 1. The van der Waals surface area contributed by atoms with Crippen molar-refractivity contribution >= 4 is 16.9 Å². The van der Waals surface area contributed by atoms with Crippen molar-refractivity contribution in [3.05, 3.63) is 60.2 Å². The summed E-state index contributed by atoms with van der Waals surface area (Å²) in [6, 6.07) is 11.5. The number of aliphatic hydroxyl groups excluding tert-OH is 1. The molecule has 1 atom stereocenters. The molecule has 3 rings (SSSR count). The van der Waals surface area contributed by atoms with E-state index in [1.807, 2.05) is 41.0 Å². The fraction of sp³-hybridized carbons (Fsp3) is 0.350. The van der Waals surface area contributed by atoms with Crippen LogP contribution < -0.4 is 5.32 Å². The van der Waals surface area contributed by atoms with E-state index in [9.17, 15) is 9.90 Å². The number of pyridine rings is 1. The molecule has 136 valence electrons. The summed E-state index contributed by atoms with van der Waals surface area (Å²) in [4.78, 5) is 21.1. The second kappa shape index (κ2) is 8.10. The number of hydrogen-bond acceptors (Lipinski definition) is 4. The molecule has 26 heavy (non-hydrogen) atoms. The van der Waals surface area contributed by atoms with Gasteiger partial charge in [-0.1, -0.05) is 32.0 Å². The zero-order valence-corrected chi connectivity index (χ0v) is 15.1. The lowest BCUT2D eigenvalue weighted by molar-refractivity contribution is -0.122. The summed E-state index contributed by atoms with van der Waals surface area (Å²) in [6.07, 6.45) is 3.83. The van der Waals surface area contributed by atoms with Crippen molar-refractivity contribution in [2.45, 2.75) is 39.5 Å². The van der Waals surface area contributed by atoms with Crippen molar-refractivity contribution < 1.29 is 9.90 Å². The van der Waals surface area contributed by atoms with Crippen molar-refractivity contribution in [3.63, 3.8) is 0 Å². The van der Waals surface area contributed by atoms with Gasteiger partial charge in [-0.25, -0.2) is 4.98 Å². The van der Waals surface area contributed by atoms with E-state index in [4.69, 9.17) is 0 Å². The van der Waals surface area contributed by atoms with Gasteiger partial charge in [0.05, 0.1) is 17.1 Å². The van der Waals surface area contributed by atoms with Crippen LogP contribution in [-0.2, 0) is 17.9 Å². The molecule has 6 heteroatoms. The van der Waals surface area contributed by atoms with E-state index in [-0.39, 0.29) is 24.5 Å². The lowest BCUT2D eigenvalue weighted by Gasteiger charge is -2.22. The summed E-state index contributed by atoms with van der Waals surface area (Å²) in [5, 5.41) is 12.7. The fourth-order valence-corrected chi connectivity index (χ4v) is 3.15. The minimum atomic E-state index is -0.152. The Kier molecular flexibility index (Phi) is 5.63. The van der Waals surface area contributed by atoms with Crippen LogP contribution in [0.4, 0.5) is 0 Å². The summed E-state index contributed by atoms with van der Waals surface area (Å²) < 4.78 is 1.91. The molecule has 0 aliphatic carbocycles. The van der Waals surface area contributed by atoms with Crippen LogP contribution in [0, 0.1) is 5.92 Å². The quantitative estimate of drug-likeness (QED) is 0.685.